The van der Waals surface area contributed by atoms with Crippen molar-refractivity contribution in [2.24, 2.45) is 0 Å². The van der Waals surface area contributed by atoms with Crippen molar-refractivity contribution in [1.29, 1.82) is 0 Å². The first-order valence-electron chi connectivity index (χ1n) is 6.61. The lowest BCUT2D eigenvalue weighted by Gasteiger charge is -2.38. The van der Waals surface area contributed by atoms with Crippen LogP contribution in [-0.4, -0.2) is 48.2 Å². The van der Waals surface area contributed by atoms with Gasteiger partial charge in [0, 0.05) is 32.2 Å². The summed E-state index contributed by atoms with van der Waals surface area (Å²) in [7, 11) is 0. The van der Waals surface area contributed by atoms with Crippen LogP contribution in [0.5, 0.6) is 0 Å². The number of hydrogen-bond donors (Lipinski definition) is 2. The molecule has 1 heterocycles. The Labute approximate surface area is 113 Å². The first-order valence-corrected chi connectivity index (χ1v) is 6.61. The molecule has 0 unspecified atom stereocenters. The predicted octanol–water partition coefficient (Wildman–Crippen LogP) is 1.50. The molecule has 1 fully saturated rings. The van der Waals surface area contributed by atoms with Gasteiger partial charge in [-0.05, 0) is 32.0 Å². The fraction of sp³-hybridized carbons (Fsp3) is 0.500. The Morgan fingerprint density at radius 3 is 2.42 bits per heavy atom. The third-order valence-corrected chi connectivity index (χ3v) is 3.66. The molecule has 19 heavy (non-hydrogen) atoms. The summed E-state index contributed by atoms with van der Waals surface area (Å²) < 4.78 is 0. The number of carbonyl (C=O) groups is 1. The third-order valence-electron chi connectivity index (χ3n) is 3.66. The molecule has 1 saturated heterocycles. The van der Waals surface area contributed by atoms with Crippen molar-refractivity contribution in [3.63, 3.8) is 0 Å². The molecule has 1 aliphatic rings. The van der Waals surface area contributed by atoms with Crippen molar-refractivity contribution in [2.45, 2.75) is 19.9 Å². The van der Waals surface area contributed by atoms with Gasteiger partial charge in [0.25, 0.3) is 0 Å². The molecule has 5 nitrogen and oxygen atoms in total. The summed E-state index contributed by atoms with van der Waals surface area (Å²) in [5.74, 6) is -0.915. The lowest BCUT2D eigenvalue weighted by Crippen LogP contribution is -2.49. The highest BCUT2D eigenvalue weighted by molar-refractivity contribution is 5.90. The topological polar surface area (TPSA) is 69.8 Å². The first-order chi connectivity index (χ1) is 8.99. The number of carboxylic acids is 1. The van der Waals surface area contributed by atoms with Gasteiger partial charge >= 0.3 is 5.97 Å². The van der Waals surface area contributed by atoms with E-state index in [0.29, 0.717) is 11.7 Å². The molecule has 1 aromatic rings. The van der Waals surface area contributed by atoms with Crippen molar-refractivity contribution in [1.82, 2.24) is 4.90 Å². The third kappa shape index (κ3) is 2.98. The van der Waals surface area contributed by atoms with E-state index < -0.39 is 5.97 Å². The Morgan fingerprint density at radius 1 is 1.26 bits per heavy atom. The number of rotatable bonds is 3. The second kappa shape index (κ2) is 5.48. The van der Waals surface area contributed by atoms with E-state index in [-0.39, 0.29) is 5.56 Å². The molecular formula is C14H21N3O2. The van der Waals surface area contributed by atoms with Crippen LogP contribution in [0, 0.1) is 0 Å². The van der Waals surface area contributed by atoms with E-state index in [0.717, 1.165) is 31.9 Å². The average Bonchev–Trinajstić information content (AvgIpc) is 2.39. The molecule has 104 valence electrons. The van der Waals surface area contributed by atoms with Crippen LogP contribution in [0.25, 0.3) is 0 Å². The monoisotopic (exact) mass is 263 g/mol. The Bertz CT molecular complexity index is 466. The smallest absolute Gasteiger partial charge is 0.335 e. The lowest BCUT2D eigenvalue weighted by atomic mass is 10.1. The average molecular weight is 263 g/mol. The first kappa shape index (κ1) is 13.7. The number of anilines is 2. The molecule has 0 saturated carbocycles. The minimum atomic E-state index is -0.915. The number of nitrogens with zero attached hydrogens (tertiary/aromatic N) is 2. The fourth-order valence-electron chi connectivity index (χ4n) is 2.43. The maximum Gasteiger partial charge on any atom is 0.335 e. The van der Waals surface area contributed by atoms with Crippen LogP contribution in [-0.2, 0) is 0 Å². The van der Waals surface area contributed by atoms with Crippen LogP contribution in [0.4, 0.5) is 11.4 Å². The van der Waals surface area contributed by atoms with E-state index in [2.05, 4.69) is 23.6 Å². The molecule has 2 rings (SSSR count). The predicted molar refractivity (Wildman–Crippen MR) is 76.7 cm³/mol. The molecule has 5 heteroatoms. The minimum absolute atomic E-state index is 0.287. The molecule has 0 amide bonds. The Morgan fingerprint density at radius 2 is 1.89 bits per heavy atom. The minimum Gasteiger partial charge on any atom is -0.478 e. The van der Waals surface area contributed by atoms with E-state index in [4.69, 9.17) is 10.8 Å². The zero-order valence-electron chi connectivity index (χ0n) is 11.5. The van der Waals surface area contributed by atoms with Crippen molar-refractivity contribution in [3.8, 4) is 0 Å². The number of benzene rings is 1. The van der Waals surface area contributed by atoms with E-state index in [9.17, 15) is 4.79 Å². The molecule has 0 aliphatic carbocycles. The van der Waals surface area contributed by atoms with Crippen LogP contribution in [0.15, 0.2) is 18.2 Å². The standard InChI is InChI=1S/C14H21N3O2/c1-10(2)16-5-7-17(8-6-16)13-9-11(14(18)19)3-4-12(13)15/h3-4,9-10H,5-8,15H2,1-2H3,(H,18,19). The van der Waals surface area contributed by atoms with Gasteiger partial charge in [0.05, 0.1) is 16.9 Å². The quantitative estimate of drug-likeness (QED) is 0.809. The van der Waals surface area contributed by atoms with Crippen LogP contribution in [0.3, 0.4) is 0 Å². The molecule has 0 atom stereocenters. The number of nitrogen functional groups attached to an aromatic ring is 1. The van der Waals surface area contributed by atoms with E-state index in [1.807, 2.05) is 0 Å². The molecule has 1 aliphatic heterocycles. The van der Waals surface area contributed by atoms with Gasteiger partial charge in [-0.2, -0.15) is 0 Å². The largest absolute Gasteiger partial charge is 0.478 e. The summed E-state index contributed by atoms with van der Waals surface area (Å²) in [6, 6.07) is 5.44. The maximum absolute atomic E-state index is 11.0. The van der Waals surface area contributed by atoms with Crippen molar-refractivity contribution in [2.75, 3.05) is 36.8 Å². The second-order valence-corrected chi connectivity index (χ2v) is 5.20. The van der Waals surface area contributed by atoms with Crippen molar-refractivity contribution in [3.05, 3.63) is 23.8 Å². The molecule has 0 bridgehead atoms. The SMILES string of the molecule is CC(C)N1CCN(c2cc(C(=O)O)ccc2N)CC1. The van der Waals surface area contributed by atoms with Gasteiger partial charge in [-0.15, -0.1) is 0 Å². The summed E-state index contributed by atoms with van der Waals surface area (Å²) in [6.07, 6.45) is 0. The summed E-state index contributed by atoms with van der Waals surface area (Å²) >= 11 is 0. The zero-order valence-corrected chi connectivity index (χ0v) is 11.5. The Hall–Kier alpha value is -1.75. The van der Waals surface area contributed by atoms with Crippen LogP contribution in [0.2, 0.25) is 0 Å². The Balaban J connectivity index is 2.15. The van der Waals surface area contributed by atoms with Gasteiger partial charge in [0.2, 0.25) is 0 Å². The van der Waals surface area contributed by atoms with Crippen LogP contribution >= 0.6 is 0 Å². The van der Waals surface area contributed by atoms with Crippen molar-refractivity contribution >= 4 is 17.3 Å². The number of piperazine rings is 1. The van der Waals surface area contributed by atoms with Gasteiger partial charge in [-0.1, -0.05) is 0 Å². The molecule has 0 aromatic heterocycles. The maximum atomic E-state index is 11.0. The van der Waals surface area contributed by atoms with Gasteiger partial charge in [0.1, 0.15) is 0 Å². The molecule has 1 aromatic carbocycles. The summed E-state index contributed by atoms with van der Waals surface area (Å²) in [4.78, 5) is 15.6. The highest BCUT2D eigenvalue weighted by Gasteiger charge is 2.21. The number of hydrogen-bond acceptors (Lipinski definition) is 4. The second-order valence-electron chi connectivity index (χ2n) is 5.20. The zero-order chi connectivity index (χ0) is 14.0. The van der Waals surface area contributed by atoms with Crippen LogP contribution in [0.1, 0.15) is 24.2 Å². The molecule has 0 spiro atoms. The lowest BCUT2D eigenvalue weighted by molar-refractivity contribution is 0.0697. The van der Waals surface area contributed by atoms with Crippen LogP contribution < -0.4 is 10.6 Å². The number of nitrogens with two attached hydrogens (primary N) is 1. The summed E-state index contributed by atoms with van der Waals surface area (Å²) in [5, 5.41) is 9.05. The van der Waals surface area contributed by atoms with E-state index in [1.54, 1.807) is 18.2 Å². The van der Waals surface area contributed by atoms with Gasteiger partial charge < -0.3 is 15.7 Å². The highest BCUT2D eigenvalue weighted by Crippen LogP contribution is 2.26. The molecular weight excluding hydrogens is 242 g/mol. The summed E-state index contributed by atoms with van der Waals surface area (Å²) in [6.45, 7) is 8.10. The summed E-state index contributed by atoms with van der Waals surface area (Å²) in [5.41, 5.74) is 7.73. The van der Waals surface area contributed by atoms with Gasteiger partial charge in [-0.3, -0.25) is 4.90 Å². The van der Waals surface area contributed by atoms with E-state index >= 15 is 0 Å². The number of aromatic carboxylic acids is 1. The highest BCUT2D eigenvalue weighted by atomic mass is 16.4. The van der Waals surface area contributed by atoms with E-state index in [1.165, 1.54) is 0 Å². The number of carboxylic acid groups (broad SMARTS) is 1. The molecule has 3 N–H and O–H groups in total. The van der Waals surface area contributed by atoms with Gasteiger partial charge in [-0.25, -0.2) is 4.79 Å². The van der Waals surface area contributed by atoms with Crippen molar-refractivity contribution < 1.29 is 9.90 Å². The molecule has 0 radical (unpaired) electrons. The normalized spacial score (nSPS) is 16.9. The van der Waals surface area contributed by atoms with Gasteiger partial charge in [0.15, 0.2) is 0 Å². The fourth-order valence-corrected chi connectivity index (χ4v) is 2.43. The Kier molecular flexibility index (Phi) is 3.95.